The van der Waals surface area contributed by atoms with E-state index in [9.17, 15) is 13.5 Å². The number of nitrogen functional groups attached to an aromatic ring is 1. The summed E-state index contributed by atoms with van der Waals surface area (Å²) in [7, 11) is -3.66. The van der Waals surface area contributed by atoms with Crippen LogP contribution in [0.4, 0.5) is 5.69 Å². The van der Waals surface area contributed by atoms with E-state index in [0.717, 1.165) is 0 Å². The second-order valence-electron chi connectivity index (χ2n) is 4.72. The lowest BCUT2D eigenvalue weighted by molar-refractivity contribution is 0.164. The van der Waals surface area contributed by atoms with E-state index in [1.807, 2.05) is 0 Å². The molecule has 6 nitrogen and oxygen atoms in total. The molecule has 3 N–H and O–H groups in total. The average molecular weight is 315 g/mol. The fraction of sp³-hybridized carbons (Fsp3) is 0.417. The van der Waals surface area contributed by atoms with Crippen LogP contribution in [0.1, 0.15) is 6.92 Å². The quantitative estimate of drug-likeness (QED) is 0.611. The van der Waals surface area contributed by atoms with Gasteiger partial charge in [-0.15, -0.1) is 0 Å². The molecule has 8 heteroatoms. The summed E-state index contributed by atoms with van der Waals surface area (Å²) in [5.74, 6) is 0. The Balaban J connectivity index is 2.23. The molecular formula is C12H17N3O3S2. The van der Waals surface area contributed by atoms with Gasteiger partial charge in [0.15, 0.2) is 5.11 Å². The summed E-state index contributed by atoms with van der Waals surface area (Å²) in [6, 6.07) is 6.01. The van der Waals surface area contributed by atoms with Crippen molar-refractivity contribution in [2.45, 2.75) is 17.9 Å². The van der Waals surface area contributed by atoms with Crippen LogP contribution in [-0.2, 0) is 10.0 Å². The molecule has 0 aromatic heterocycles. The van der Waals surface area contributed by atoms with E-state index in [4.69, 9.17) is 18.0 Å². The third-order valence-electron chi connectivity index (χ3n) is 3.01. The Morgan fingerprint density at radius 2 is 1.95 bits per heavy atom. The standard InChI is InChI=1S/C12H17N3O3S2/c1-9(16)8-14-6-7-15(12(14)19)20(17,18)11-4-2-10(13)3-5-11/h2-5,9,16H,6-8,13H2,1H3. The molecule has 0 amide bonds. The van der Waals surface area contributed by atoms with Crippen LogP contribution in [0, 0.1) is 0 Å². The summed E-state index contributed by atoms with van der Waals surface area (Å²) < 4.78 is 26.2. The molecule has 1 aromatic rings. The van der Waals surface area contributed by atoms with Crippen molar-refractivity contribution >= 4 is 33.0 Å². The van der Waals surface area contributed by atoms with Crippen LogP contribution < -0.4 is 5.73 Å². The molecule has 2 rings (SSSR count). The first kappa shape index (κ1) is 15.0. The molecule has 1 aliphatic heterocycles. The van der Waals surface area contributed by atoms with Crippen molar-refractivity contribution in [1.82, 2.24) is 9.21 Å². The summed E-state index contributed by atoms with van der Waals surface area (Å²) in [6.07, 6.45) is -0.563. The first-order valence-electron chi connectivity index (χ1n) is 6.17. The number of rotatable bonds is 4. The number of nitrogens with two attached hydrogens (primary N) is 1. The molecular weight excluding hydrogens is 298 g/mol. The number of aliphatic hydroxyl groups excluding tert-OH is 1. The highest BCUT2D eigenvalue weighted by Crippen LogP contribution is 2.22. The number of β-amino-alcohol motifs (C(OH)–C–C–N with tert-alkyl or cyclic N) is 1. The fourth-order valence-corrected chi connectivity index (χ4v) is 3.97. The number of aliphatic hydroxyl groups is 1. The highest BCUT2D eigenvalue weighted by atomic mass is 32.2. The van der Waals surface area contributed by atoms with Crippen LogP contribution in [0.25, 0.3) is 0 Å². The second-order valence-corrected chi connectivity index (χ2v) is 6.95. The van der Waals surface area contributed by atoms with Crippen molar-refractivity contribution in [3.05, 3.63) is 24.3 Å². The van der Waals surface area contributed by atoms with E-state index in [1.54, 1.807) is 24.0 Å². The number of sulfonamides is 1. The molecule has 0 aliphatic carbocycles. The van der Waals surface area contributed by atoms with E-state index in [-0.39, 0.29) is 16.6 Å². The van der Waals surface area contributed by atoms with Gasteiger partial charge in [-0.2, -0.15) is 0 Å². The van der Waals surface area contributed by atoms with Crippen molar-refractivity contribution in [1.29, 1.82) is 0 Å². The first-order valence-corrected chi connectivity index (χ1v) is 8.02. The summed E-state index contributed by atoms with van der Waals surface area (Å²) in [5, 5.41) is 9.61. The molecule has 1 fully saturated rings. The van der Waals surface area contributed by atoms with Crippen LogP contribution in [0.3, 0.4) is 0 Å². The van der Waals surface area contributed by atoms with Gasteiger partial charge in [-0.05, 0) is 43.4 Å². The molecule has 0 saturated carbocycles. The van der Waals surface area contributed by atoms with Gasteiger partial charge in [0.05, 0.1) is 17.5 Å². The monoisotopic (exact) mass is 315 g/mol. The molecule has 0 radical (unpaired) electrons. The van der Waals surface area contributed by atoms with E-state index >= 15 is 0 Å². The van der Waals surface area contributed by atoms with Gasteiger partial charge in [-0.1, -0.05) is 0 Å². The van der Waals surface area contributed by atoms with Crippen LogP contribution in [-0.4, -0.2) is 53.6 Å². The number of hydrogen-bond acceptors (Lipinski definition) is 5. The van der Waals surface area contributed by atoms with Gasteiger partial charge in [0.25, 0.3) is 10.0 Å². The van der Waals surface area contributed by atoms with Gasteiger partial charge in [0.1, 0.15) is 0 Å². The predicted octanol–water partition coefficient (Wildman–Crippen LogP) is 0.241. The Hall–Kier alpha value is -1.38. The minimum atomic E-state index is -3.66. The number of thiocarbonyl (C=S) groups is 1. The maximum absolute atomic E-state index is 12.5. The summed E-state index contributed by atoms with van der Waals surface area (Å²) in [4.78, 5) is 1.85. The Bertz CT molecular complexity index is 599. The van der Waals surface area contributed by atoms with Crippen LogP contribution >= 0.6 is 12.2 Å². The van der Waals surface area contributed by atoms with Crippen LogP contribution in [0.5, 0.6) is 0 Å². The molecule has 0 spiro atoms. The lowest BCUT2D eigenvalue weighted by Crippen LogP contribution is -2.38. The summed E-state index contributed by atoms with van der Waals surface area (Å²) in [5.41, 5.74) is 6.06. The van der Waals surface area contributed by atoms with E-state index < -0.39 is 16.1 Å². The predicted molar refractivity (Wildman–Crippen MR) is 80.6 cm³/mol. The number of nitrogens with zero attached hydrogens (tertiary/aromatic N) is 2. The Morgan fingerprint density at radius 1 is 1.35 bits per heavy atom. The maximum Gasteiger partial charge on any atom is 0.266 e. The largest absolute Gasteiger partial charge is 0.399 e. The van der Waals surface area contributed by atoms with E-state index in [2.05, 4.69) is 0 Å². The summed E-state index contributed by atoms with van der Waals surface area (Å²) >= 11 is 5.19. The van der Waals surface area contributed by atoms with Crippen molar-refractivity contribution in [2.24, 2.45) is 0 Å². The third kappa shape index (κ3) is 2.87. The van der Waals surface area contributed by atoms with Crippen molar-refractivity contribution in [2.75, 3.05) is 25.4 Å². The molecule has 1 unspecified atom stereocenters. The van der Waals surface area contributed by atoms with Crippen molar-refractivity contribution in [3.63, 3.8) is 0 Å². The fourth-order valence-electron chi connectivity index (χ4n) is 2.04. The molecule has 110 valence electrons. The van der Waals surface area contributed by atoms with Gasteiger partial charge in [-0.3, -0.25) is 0 Å². The van der Waals surface area contributed by atoms with Crippen molar-refractivity contribution < 1.29 is 13.5 Å². The Labute approximate surface area is 123 Å². The lowest BCUT2D eigenvalue weighted by atomic mass is 10.3. The Morgan fingerprint density at radius 3 is 2.50 bits per heavy atom. The van der Waals surface area contributed by atoms with Gasteiger partial charge < -0.3 is 15.7 Å². The van der Waals surface area contributed by atoms with Gasteiger partial charge in [0, 0.05) is 18.8 Å². The van der Waals surface area contributed by atoms with Gasteiger partial charge in [-0.25, -0.2) is 12.7 Å². The minimum absolute atomic E-state index is 0.160. The van der Waals surface area contributed by atoms with Gasteiger partial charge in [0.2, 0.25) is 0 Å². The first-order chi connectivity index (χ1) is 9.32. The lowest BCUT2D eigenvalue weighted by Gasteiger charge is -2.22. The van der Waals surface area contributed by atoms with Gasteiger partial charge >= 0.3 is 0 Å². The summed E-state index contributed by atoms with van der Waals surface area (Å²) in [6.45, 7) is 2.74. The zero-order valence-electron chi connectivity index (χ0n) is 11.1. The van der Waals surface area contributed by atoms with Crippen LogP contribution in [0.2, 0.25) is 0 Å². The smallest absolute Gasteiger partial charge is 0.266 e. The molecule has 20 heavy (non-hydrogen) atoms. The molecule has 0 bridgehead atoms. The topological polar surface area (TPSA) is 86.9 Å². The highest BCUT2D eigenvalue weighted by molar-refractivity contribution is 7.91. The number of hydrogen-bond donors (Lipinski definition) is 2. The number of benzene rings is 1. The normalized spacial score (nSPS) is 17.6. The molecule has 1 saturated heterocycles. The van der Waals surface area contributed by atoms with Crippen molar-refractivity contribution in [3.8, 4) is 0 Å². The zero-order chi connectivity index (χ0) is 14.9. The SMILES string of the molecule is CC(O)CN1CCN(S(=O)(=O)c2ccc(N)cc2)C1=S. The number of anilines is 1. The molecule has 1 heterocycles. The molecule has 1 atom stereocenters. The minimum Gasteiger partial charge on any atom is -0.399 e. The van der Waals surface area contributed by atoms with E-state index in [0.29, 0.717) is 18.8 Å². The maximum atomic E-state index is 12.5. The molecule has 1 aliphatic rings. The highest BCUT2D eigenvalue weighted by Gasteiger charge is 2.35. The van der Waals surface area contributed by atoms with Crippen LogP contribution in [0.15, 0.2) is 29.2 Å². The average Bonchev–Trinajstić information content (AvgIpc) is 2.71. The van der Waals surface area contributed by atoms with E-state index in [1.165, 1.54) is 16.4 Å². The zero-order valence-corrected chi connectivity index (χ0v) is 12.7. The third-order valence-corrected chi connectivity index (χ3v) is 5.41. The Kier molecular flexibility index (Phi) is 4.17. The second kappa shape index (κ2) is 5.55. The molecule has 1 aromatic carbocycles.